The fraction of sp³-hybridized carbons (Fsp3) is 0.417. The van der Waals surface area contributed by atoms with Crippen LogP contribution in [0.3, 0.4) is 0 Å². The summed E-state index contributed by atoms with van der Waals surface area (Å²) in [5.74, 6) is -0.0229. The second kappa shape index (κ2) is 10.1. The van der Waals surface area contributed by atoms with Gasteiger partial charge in [0.1, 0.15) is 11.2 Å². The summed E-state index contributed by atoms with van der Waals surface area (Å²) in [7, 11) is 0. The normalized spacial score (nSPS) is 18.5. The first kappa shape index (κ1) is 22.2. The Labute approximate surface area is 197 Å². The molecule has 0 bridgehead atoms. The number of rotatable bonds is 7. The van der Waals surface area contributed by atoms with E-state index in [2.05, 4.69) is 20.1 Å². The molecule has 1 unspecified atom stereocenters. The molecule has 2 fully saturated rings. The highest BCUT2D eigenvalue weighted by molar-refractivity contribution is 7.13. The highest BCUT2D eigenvalue weighted by Crippen LogP contribution is 2.32. The molecule has 174 valence electrons. The Morgan fingerprint density at radius 3 is 2.82 bits per heavy atom. The zero-order valence-electron chi connectivity index (χ0n) is 18.5. The Balaban J connectivity index is 1.25. The van der Waals surface area contributed by atoms with Crippen LogP contribution in [0.5, 0.6) is 0 Å². The molecular formula is C24H29N5O3S. The van der Waals surface area contributed by atoms with Gasteiger partial charge in [-0.15, -0.1) is 11.3 Å². The Hall–Kier alpha value is -2.56. The number of amides is 1. The molecule has 8 nitrogen and oxygen atoms in total. The number of hydrogen-bond donors (Lipinski definition) is 3. The lowest BCUT2D eigenvalue weighted by Gasteiger charge is -2.25. The number of aromatic nitrogens is 2. The molecule has 9 heteroatoms. The fourth-order valence-corrected chi connectivity index (χ4v) is 5.15. The first-order chi connectivity index (χ1) is 16.2. The van der Waals surface area contributed by atoms with E-state index in [0.29, 0.717) is 19.8 Å². The molecule has 5 rings (SSSR count). The van der Waals surface area contributed by atoms with Gasteiger partial charge < -0.3 is 20.1 Å². The average molecular weight is 468 g/mol. The third kappa shape index (κ3) is 5.34. The lowest BCUT2D eigenvalue weighted by atomic mass is 10.2. The van der Waals surface area contributed by atoms with E-state index < -0.39 is 6.23 Å². The van der Waals surface area contributed by atoms with Gasteiger partial charge in [0, 0.05) is 54.6 Å². The maximum atomic E-state index is 12.4. The SMILES string of the molecule is O=C(CN1CCOCC1)Nc1cccc(-c2nc(-c3c[nH]c(C(O)N4CCCC4)c3)cs2)c1. The van der Waals surface area contributed by atoms with Crippen LogP contribution in [-0.2, 0) is 9.53 Å². The first-order valence-electron chi connectivity index (χ1n) is 11.4. The number of carbonyl (C=O) groups is 1. The number of thiazole rings is 1. The summed E-state index contributed by atoms with van der Waals surface area (Å²) in [6, 6.07) is 9.76. The standard InChI is InChI=1S/C24H29N5O3S/c30-22(15-28-8-10-32-11-9-28)26-19-5-3-4-17(12-19)23-27-21(16-33-23)18-13-20(25-14-18)24(31)29-6-1-2-7-29/h3-5,12-14,16,24-25,31H,1-2,6-11,15H2,(H,26,30). The zero-order chi connectivity index (χ0) is 22.6. The van der Waals surface area contributed by atoms with Crippen molar-refractivity contribution in [3.8, 4) is 21.8 Å². The van der Waals surface area contributed by atoms with Gasteiger partial charge in [-0.05, 0) is 31.0 Å². The van der Waals surface area contributed by atoms with Crippen LogP contribution in [0.2, 0.25) is 0 Å². The number of aromatic amines is 1. The molecule has 1 aromatic carbocycles. The maximum absolute atomic E-state index is 12.4. The summed E-state index contributed by atoms with van der Waals surface area (Å²) in [5.41, 5.74) is 4.35. The van der Waals surface area contributed by atoms with Gasteiger partial charge in [-0.3, -0.25) is 14.6 Å². The number of likely N-dealkylation sites (tertiary alicyclic amines) is 1. The number of anilines is 1. The summed E-state index contributed by atoms with van der Waals surface area (Å²) in [6.07, 6.45) is 3.56. The minimum atomic E-state index is -0.600. The van der Waals surface area contributed by atoms with Gasteiger partial charge in [-0.2, -0.15) is 0 Å². The van der Waals surface area contributed by atoms with Gasteiger partial charge in [-0.1, -0.05) is 12.1 Å². The predicted octanol–water partition coefficient (Wildman–Crippen LogP) is 3.16. The Kier molecular flexibility index (Phi) is 6.84. The van der Waals surface area contributed by atoms with E-state index in [1.807, 2.05) is 41.9 Å². The Morgan fingerprint density at radius 1 is 1.18 bits per heavy atom. The molecule has 2 aliphatic heterocycles. The molecule has 33 heavy (non-hydrogen) atoms. The van der Waals surface area contributed by atoms with Gasteiger partial charge in [0.05, 0.1) is 31.1 Å². The van der Waals surface area contributed by atoms with Crippen LogP contribution in [0.15, 0.2) is 41.9 Å². The highest BCUT2D eigenvalue weighted by atomic mass is 32.1. The number of carbonyl (C=O) groups excluding carboxylic acids is 1. The third-order valence-electron chi connectivity index (χ3n) is 6.13. The van der Waals surface area contributed by atoms with Crippen LogP contribution in [0.25, 0.3) is 21.8 Å². The monoisotopic (exact) mass is 467 g/mol. The van der Waals surface area contributed by atoms with Gasteiger partial charge in [0.2, 0.25) is 5.91 Å². The van der Waals surface area contributed by atoms with Crippen LogP contribution in [0.4, 0.5) is 5.69 Å². The van der Waals surface area contributed by atoms with Gasteiger partial charge in [0.15, 0.2) is 0 Å². The van der Waals surface area contributed by atoms with Crippen molar-refractivity contribution in [2.75, 3.05) is 51.3 Å². The van der Waals surface area contributed by atoms with Crippen LogP contribution < -0.4 is 5.32 Å². The van der Waals surface area contributed by atoms with E-state index in [-0.39, 0.29) is 5.91 Å². The quantitative estimate of drug-likeness (QED) is 0.494. The molecule has 1 atom stereocenters. The van der Waals surface area contributed by atoms with Crippen molar-refractivity contribution in [3.05, 3.63) is 47.6 Å². The lowest BCUT2D eigenvalue weighted by Crippen LogP contribution is -2.41. The Bertz CT molecular complexity index is 1090. The number of morpholine rings is 1. The number of nitrogens with zero attached hydrogens (tertiary/aromatic N) is 3. The molecule has 0 radical (unpaired) electrons. The molecule has 3 N–H and O–H groups in total. The second-order valence-electron chi connectivity index (χ2n) is 8.52. The van der Waals surface area contributed by atoms with Crippen LogP contribution >= 0.6 is 11.3 Å². The summed E-state index contributed by atoms with van der Waals surface area (Å²) >= 11 is 1.56. The van der Waals surface area contributed by atoms with Crippen molar-refractivity contribution < 1.29 is 14.6 Å². The number of H-pyrrole nitrogens is 1. The summed E-state index contributed by atoms with van der Waals surface area (Å²) in [6.45, 7) is 5.14. The second-order valence-corrected chi connectivity index (χ2v) is 9.37. The summed E-state index contributed by atoms with van der Waals surface area (Å²) in [5, 5.41) is 16.5. The van der Waals surface area contributed by atoms with Gasteiger partial charge in [-0.25, -0.2) is 4.98 Å². The molecule has 1 amide bonds. The molecule has 0 spiro atoms. The number of hydrogen-bond acceptors (Lipinski definition) is 7. The molecule has 2 saturated heterocycles. The molecule has 2 aliphatic rings. The van der Waals surface area contributed by atoms with Crippen LogP contribution in [0.1, 0.15) is 24.8 Å². The smallest absolute Gasteiger partial charge is 0.238 e. The van der Waals surface area contributed by atoms with E-state index in [4.69, 9.17) is 9.72 Å². The van der Waals surface area contributed by atoms with Crippen LogP contribution in [0, 0.1) is 0 Å². The maximum Gasteiger partial charge on any atom is 0.238 e. The topological polar surface area (TPSA) is 93.7 Å². The van der Waals surface area contributed by atoms with Crippen LogP contribution in [-0.4, -0.2) is 76.7 Å². The molecular weight excluding hydrogens is 438 g/mol. The van der Waals surface area contributed by atoms with Crippen molar-refractivity contribution in [1.82, 2.24) is 19.8 Å². The number of benzene rings is 1. The first-order valence-corrected chi connectivity index (χ1v) is 12.3. The number of aliphatic hydroxyl groups is 1. The Morgan fingerprint density at radius 2 is 2.00 bits per heavy atom. The minimum absolute atomic E-state index is 0.0229. The molecule has 0 saturated carbocycles. The van der Waals surface area contributed by atoms with E-state index >= 15 is 0 Å². The lowest BCUT2D eigenvalue weighted by molar-refractivity contribution is -0.118. The number of aliphatic hydroxyl groups excluding tert-OH is 1. The van der Waals surface area contributed by atoms with E-state index in [0.717, 1.165) is 72.2 Å². The average Bonchev–Trinajstić information content (AvgIpc) is 3.61. The van der Waals surface area contributed by atoms with Crippen molar-refractivity contribution >= 4 is 22.9 Å². The third-order valence-corrected chi connectivity index (χ3v) is 7.03. The van der Waals surface area contributed by atoms with Crippen molar-refractivity contribution in [1.29, 1.82) is 0 Å². The zero-order valence-corrected chi connectivity index (χ0v) is 19.3. The number of nitrogens with one attached hydrogen (secondary N) is 2. The summed E-state index contributed by atoms with van der Waals surface area (Å²) in [4.78, 5) is 24.6. The molecule has 3 aromatic rings. The van der Waals surface area contributed by atoms with E-state index in [9.17, 15) is 9.90 Å². The van der Waals surface area contributed by atoms with Gasteiger partial charge >= 0.3 is 0 Å². The van der Waals surface area contributed by atoms with E-state index in [1.54, 1.807) is 11.3 Å². The molecule has 0 aliphatic carbocycles. The van der Waals surface area contributed by atoms with E-state index in [1.165, 1.54) is 0 Å². The fourth-order valence-electron chi connectivity index (χ4n) is 4.32. The minimum Gasteiger partial charge on any atom is -0.379 e. The summed E-state index contributed by atoms with van der Waals surface area (Å²) < 4.78 is 5.34. The number of ether oxygens (including phenoxy) is 1. The van der Waals surface area contributed by atoms with Crippen molar-refractivity contribution in [3.63, 3.8) is 0 Å². The largest absolute Gasteiger partial charge is 0.379 e. The van der Waals surface area contributed by atoms with Crippen molar-refractivity contribution in [2.24, 2.45) is 0 Å². The predicted molar refractivity (Wildman–Crippen MR) is 129 cm³/mol. The van der Waals surface area contributed by atoms with Crippen molar-refractivity contribution in [2.45, 2.75) is 19.1 Å². The highest BCUT2D eigenvalue weighted by Gasteiger charge is 2.22. The molecule has 2 aromatic heterocycles. The molecule has 4 heterocycles. The van der Waals surface area contributed by atoms with Gasteiger partial charge in [0.25, 0.3) is 0 Å².